The minimum Gasteiger partial charge on any atom is -0.363 e. The average molecular weight is 307 g/mol. The maximum atomic E-state index is 4.44. The Bertz CT molecular complexity index is 967. The van der Waals surface area contributed by atoms with Crippen molar-refractivity contribution in [2.75, 3.05) is 5.32 Å². The van der Waals surface area contributed by atoms with Crippen LogP contribution in [0.15, 0.2) is 43.2 Å². The van der Waals surface area contributed by atoms with E-state index in [2.05, 4.69) is 62.1 Å². The van der Waals surface area contributed by atoms with Gasteiger partial charge in [0.05, 0.1) is 17.4 Å². The van der Waals surface area contributed by atoms with Gasteiger partial charge < -0.3 is 9.88 Å². The first kappa shape index (κ1) is 13.7. The number of anilines is 1. The monoisotopic (exact) mass is 307 g/mol. The van der Waals surface area contributed by atoms with Crippen LogP contribution >= 0.6 is 0 Å². The van der Waals surface area contributed by atoms with Gasteiger partial charge in [0.25, 0.3) is 0 Å². The first-order valence-electron chi connectivity index (χ1n) is 7.56. The molecule has 116 valence electrons. The highest BCUT2D eigenvalue weighted by atomic mass is 15.2. The molecule has 4 aromatic rings. The van der Waals surface area contributed by atoms with E-state index in [0.717, 1.165) is 22.5 Å². The maximum absolute atomic E-state index is 4.44. The van der Waals surface area contributed by atoms with Crippen molar-refractivity contribution in [3.63, 3.8) is 0 Å². The van der Waals surface area contributed by atoms with Crippen molar-refractivity contribution < 1.29 is 0 Å². The van der Waals surface area contributed by atoms with Gasteiger partial charge in [0.2, 0.25) is 5.65 Å². The predicted octanol–water partition coefficient (Wildman–Crippen LogP) is 2.67. The summed E-state index contributed by atoms with van der Waals surface area (Å²) in [5.74, 6) is 0.725. The molecule has 0 aliphatic carbocycles. The fraction of sp³-hybridized carbons (Fsp3) is 0.250. The van der Waals surface area contributed by atoms with Gasteiger partial charge >= 0.3 is 0 Å². The van der Waals surface area contributed by atoms with Gasteiger partial charge in [-0.15, -0.1) is 10.2 Å². The molecule has 1 aromatic carbocycles. The van der Waals surface area contributed by atoms with Crippen molar-refractivity contribution in [2.45, 2.75) is 26.4 Å². The molecular weight excluding hydrogens is 290 g/mol. The van der Waals surface area contributed by atoms with Crippen molar-refractivity contribution in [1.29, 1.82) is 0 Å². The summed E-state index contributed by atoms with van der Waals surface area (Å²) in [6, 6.07) is 6.68. The van der Waals surface area contributed by atoms with E-state index in [1.165, 1.54) is 5.56 Å². The molecule has 0 aliphatic rings. The molecule has 7 heteroatoms. The van der Waals surface area contributed by atoms with Crippen molar-refractivity contribution in [1.82, 2.24) is 29.1 Å². The van der Waals surface area contributed by atoms with E-state index in [1.807, 2.05) is 16.9 Å². The molecule has 23 heavy (non-hydrogen) atoms. The lowest BCUT2D eigenvalue weighted by Crippen LogP contribution is -2.04. The average Bonchev–Trinajstić information content (AvgIpc) is 3.19. The van der Waals surface area contributed by atoms with Gasteiger partial charge in [-0.3, -0.25) is 4.40 Å². The number of hydrogen-bond donors (Lipinski definition) is 1. The topological polar surface area (TPSA) is 72.9 Å². The van der Waals surface area contributed by atoms with Crippen LogP contribution in [0.4, 0.5) is 5.82 Å². The molecule has 3 aromatic heterocycles. The summed E-state index contributed by atoms with van der Waals surface area (Å²) in [7, 11) is 0. The fourth-order valence-corrected chi connectivity index (χ4v) is 2.66. The van der Waals surface area contributed by atoms with E-state index in [9.17, 15) is 0 Å². The van der Waals surface area contributed by atoms with Gasteiger partial charge in [-0.2, -0.15) is 0 Å². The Kier molecular flexibility index (Phi) is 3.18. The Hall–Kier alpha value is -2.96. The summed E-state index contributed by atoms with van der Waals surface area (Å²) in [6.07, 6.45) is 7.12. The second kappa shape index (κ2) is 5.35. The molecule has 3 heterocycles. The van der Waals surface area contributed by atoms with E-state index in [1.54, 1.807) is 12.5 Å². The number of fused-ring (bicyclic) bond motifs is 2. The SMILES string of the molecule is CC(C)n1cnc2ccc(CNc3nccn4cnnc34)cc21. The molecule has 0 atom stereocenters. The number of nitrogens with zero attached hydrogens (tertiary/aromatic N) is 6. The van der Waals surface area contributed by atoms with Crippen LogP contribution in [-0.4, -0.2) is 29.1 Å². The van der Waals surface area contributed by atoms with E-state index < -0.39 is 0 Å². The molecule has 0 spiro atoms. The normalized spacial score (nSPS) is 11.6. The molecule has 0 aliphatic heterocycles. The molecule has 0 saturated heterocycles. The third-order valence-corrected chi connectivity index (χ3v) is 3.87. The number of imidazole rings is 1. The van der Waals surface area contributed by atoms with Gasteiger partial charge in [0.15, 0.2) is 5.82 Å². The lowest BCUT2D eigenvalue weighted by molar-refractivity contribution is 0.617. The van der Waals surface area contributed by atoms with Crippen LogP contribution in [0.1, 0.15) is 25.5 Å². The highest BCUT2D eigenvalue weighted by Crippen LogP contribution is 2.20. The Morgan fingerprint density at radius 2 is 2.09 bits per heavy atom. The van der Waals surface area contributed by atoms with Crippen LogP contribution in [0.3, 0.4) is 0 Å². The van der Waals surface area contributed by atoms with Gasteiger partial charge in [0.1, 0.15) is 6.33 Å². The maximum Gasteiger partial charge on any atom is 0.203 e. The van der Waals surface area contributed by atoms with E-state index in [0.29, 0.717) is 12.6 Å². The number of benzene rings is 1. The lowest BCUT2D eigenvalue weighted by Gasteiger charge is -2.10. The Morgan fingerprint density at radius 1 is 1.17 bits per heavy atom. The molecular formula is C16H17N7. The summed E-state index contributed by atoms with van der Waals surface area (Å²) < 4.78 is 4.02. The van der Waals surface area contributed by atoms with Crippen molar-refractivity contribution >= 4 is 22.5 Å². The quantitative estimate of drug-likeness (QED) is 0.627. The van der Waals surface area contributed by atoms with Crippen LogP contribution in [0.25, 0.3) is 16.7 Å². The lowest BCUT2D eigenvalue weighted by atomic mass is 10.2. The van der Waals surface area contributed by atoms with Crippen LogP contribution in [0, 0.1) is 0 Å². The standard InChI is InChI=1S/C16H17N7/c1-11(2)23-9-19-13-4-3-12(7-14(13)23)8-18-15-16-21-20-10-22(16)6-5-17-15/h3-7,9-11H,8H2,1-2H3,(H,17,18). The molecule has 0 fully saturated rings. The molecule has 0 bridgehead atoms. The molecule has 1 N–H and O–H groups in total. The zero-order valence-electron chi connectivity index (χ0n) is 13.0. The Labute approximate surface area is 133 Å². The summed E-state index contributed by atoms with van der Waals surface area (Å²) in [4.78, 5) is 8.78. The summed E-state index contributed by atoms with van der Waals surface area (Å²) in [5.41, 5.74) is 4.05. The molecule has 0 saturated carbocycles. The molecule has 0 radical (unpaired) electrons. The van der Waals surface area contributed by atoms with Gasteiger partial charge in [-0.05, 0) is 31.5 Å². The number of aromatic nitrogens is 6. The minimum absolute atomic E-state index is 0.384. The van der Waals surface area contributed by atoms with Crippen molar-refractivity contribution in [3.05, 3.63) is 48.8 Å². The third kappa shape index (κ3) is 2.40. The van der Waals surface area contributed by atoms with Gasteiger partial charge in [-0.25, -0.2) is 9.97 Å². The smallest absolute Gasteiger partial charge is 0.203 e. The highest BCUT2D eigenvalue weighted by Gasteiger charge is 2.08. The van der Waals surface area contributed by atoms with Crippen LogP contribution in [-0.2, 0) is 6.54 Å². The van der Waals surface area contributed by atoms with Crippen molar-refractivity contribution in [2.24, 2.45) is 0 Å². The summed E-state index contributed by atoms with van der Waals surface area (Å²) >= 11 is 0. The van der Waals surface area contributed by atoms with E-state index in [4.69, 9.17) is 0 Å². The molecule has 4 rings (SSSR count). The van der Waals surface area contributed by atoms with Crippen molar-refractivity contribution in [3.8, 4) is 0 Å². The Morgan fingerprint density at radius 3 is 2.96 bits per heavy atom. The first-order valence-corrected chi connectivity index (χ1v) is 7.56. The predicted molar refractivity (Wildman–Crippen MR) is 88.2 cm³/mol. The highest BCUT2D eigenvalue weighted by molar-refractivity contribution is 5.76. The Balaban J connectivity index is 1.62. The number of hydrogen-bond acceptors (Lipinski definition) is 5. The van der Waals surface area contributed by atoms with E-state index in [-0.39, 0.29) is 0 Å². The third-order valence-electron chi connectivity index (χ3n) is 3.87. The molecule has 7 nitrogen and oxygen atoms in total. The number of rotatable bonds is 4. The molecule has 0 unspecified atom stereocenters. The second-order valence-electron chi connectivity index (χ2n) is 5.76. The summed E-state index contributed by atoms with van der Waals surface area (Å²) in [5, 5.41) is 11.3. The number of nitrogens with one attached hydrogen (secondary N) is 1. The van der Waals surface area contributed by atoms with Gasteiger partial charge in [0, 0.05) is 25.0 Å². The first-order chi connectivity index (χ1) is 11.2. The van der Waals surface area contributed by atoms with Crippen LogP contribution < -0.4 is 5.32 Å². The zero-order valence-corrected chi connectivity index (χ0v) is 13.0. The van der Waals surface area contributed by atoms with E-state index >= 15 is 0 Å². The summed E-state index contributed by atoms with van der Waals surface area (Å²) in [6.45, 7) is 4.97. The van der Waals surface area contributed by atoms with Crippen LogP contribution in [0.2, 0.25) is 0 Å². The minimum atomic E-state index is 0.384. The van der Waals surface area contributed by atoms with Crippen LogP contribution in [0.5, 0.6) is 0 Å². The molecule has 0 amide bonds. The fourth-order valence-electron chi connectivity index (χ4n) is 2.66. The van der Waals surface area contributed by atoms with Gasteiger partial charge in [-0.1, -0.05) is 6.07 Å². The largest absolute Gasteiger partial charge is 0.363 e. The second-order valence-corrected chi connectivity index (χ2v) is 5.76. The zero-order chi connectivity index (χ0) is 15.8.